The predicted octanol–water partition coefficient (Wildman–Crippen LogP) is -0.431. The fourth-order valence-corrected chi connectivity index (χ4v) is 0.980. The van der Waals surface area contributed by atoms with E-state index in [2.05, 4.69) is 11.8 Å². The van der Waals surface area contributed by atoms with Crippen LogP contribution in [0.3, 0.4) is 0 Å². The molecular formula is C8H12N2O. The van der Waals surface area contributed by atoms with E-state index in [0.29, 0.717) is 0 Å². The molecule has 0 aromatic carbocycles. The fourth-order valence-electron chi connectivity index (χ4n) is 0.980. The molecule has 3 nitrogen and oxygen atoms in total. The molecule has 1 amide bonds. The topological polar surface area (TPSA) is 46.3 Å². The summed E-state index contributed by atoms with van der Waals surface area (Å²) in [6, 6.07) is 0. The van der Waals surface area contributed by atoms with Gasteiger partial charge in [-0.25, -0.2) is 0 Å². The number of carbonyl (C=O) groups excluding carboxylic acids is 1. The molecule has 11 heavy (non-hydrogen) atoms. The van der Waals surface area contributed by atoms with Crippen LogP contribution in [0.15, 0.2) is 0 Å². The first-order valence-electron chi connectivity index (χ1n) is 3.57. The van der Waals surface area contributed by atoms with E-state index in [4.69, 9.17) is 5.73 Å². The Morgan fingerprint density at radius 3 is 2.36 bits per heavy atom. The Kier molecular flexibility index (Phi) is 1.88. The molecule has 2 N–H and O–H groups in total. The molecule has 0 heterocycles. The van der Waals surface area contributed by atoms with Crippen LogP contribution in [0.25, 0.3) is 0 Å². The van der Waals surface area contributed by atoms with Crippen LogP contribution in [0, 0.1) is 11.8 Å². The van der Waals surface area contributed by atoms with E-state index in [-0.39, 0.29) is 5.54 Å². The van der Waals surface area contributed by atoms with Gasteiger partial charge in [0.25, 0.3) is 5.91 Å². The Bertz CT molecular complexity index is 230. The Labute approximate surface area is 66.5 Å². The van der Waals surface area contributed by atoms with E-state index in [1.807, 2.05) is 19.0 Å². The van der Waals surface area contributed by atoms with Gasteiger partial charge in [0.2, 0.25) is 0 Å². The number of carbonyl (C=O) groups is 1. The lowest BCUT2D eigenvalue weighted by Crippen LogP contribution is -2.28. The van der Waals surface area contributed by atoms with Gasteiger partial charge in [0.1, 0.15) is 0 Å². The van der Waals surface area contributed by atoms with E-state index in [9.17, 15) is 4.79 Å². The SMILES string of the molecule is CN(C)C1(C#CC(N)=O)CC1. The zero-order valence-electron chi connectivity index (χ0n) is 6.85. The molecule has 0 aromatic heterocycles. The highest BCUT2D eigenvalue weighted by molar-refractivity contribution is 5.92. The summed E-state index contributed by atoms with van der Waals surface area (Å²) in [6.45, 7) is 0. The molecule has 0 saturated heterocycles. The van der Waals surface area contributed by atoms with Crippen molar-refractivity contribution in [3.05, 3.63) is 0 Å². The van der Waals surface area contributed by atoms with Gasteiger partial charge in [-0.3, -0.25) is 9.69 Å². The smallest absolute Gasteiger partial charge is 0.293 e. The summed E-state index contributed by atoms with van der Waals surface area (Å²) in [5.74, 6) is 4.70. The van der Waals surface area contributed by atoms with Gasteiger partial charge >= 0.3 is 0 Å². The zero-order valence-corrected chi connectivity index (χ0v) is 6.85. The van der Waals surface area contributed by atoms with Gasteiger partial charge in [-0.05, 0) is 32.9 Å². The maximum Gasteiger partial charge on any atom is 0.293 e. The van der Waals surface area contributed by atoms with Crippen LogP contribution in [0.5, 0.6) is 0 Å². The van der Waals surface area contributed by atoms with Gasteiger partial charge in [0, 0.05) is 0 Å². The second kappa shape index (κ2) is 2.55. The number of primary amides is 1. The van der Waals surface area contributed by atoms with Crippen molar-refractivity contribution >= 4 is 5.91 Å². The predicted molar refractivity (Wildman–Crippen MR) is 42.6 cm³/mol. The number of hydrogen-bond acceptors (Lipinski definition) is 2. The van der Waals surface area contributed by atoms with Crippen molar-refractivity contribution in [2.45, 2.75) is 18.4 Å². The molecular weight excluding hydrogens is 140 g/mol. The highest BCUT2D eigenvalue weighted by Crippen LogP contribution is 2.38. The van der Waals surface area contributed by atoms with Crippen molar-refractivity contribution in [2.24, 2.45) is 5.73 Å². The molecule has 1 aliphatic carbocycles. The van der Waals surface area contributed by atoms with Gasteiger partial charge in [0.15, 0.2) is 0 Å². The van der Waals surface area contributed by atoms with Gasteiger partial charge in [-0.1, -0.05) is 5.92 Å². The first-order chi connectivity index (χ1) is 5.07. The molecule has 1 rings (SSSR count). The normalized spacial score (nSPS) is 18.8. The maximum atomic E-state index is 10.3. The van der Waals surface area contributed by atoms with Crippen molar-refractivity contribution in [3.63, 3.8) is 0 Å². The molecule has 0 atom stereocenters. The molecule has 3 heteroatoms. The summed E-state index contributed by atoms with van der Waals surface area (Å²) >= 11 is 0. The zero-order chi connectivity index (χ0) is 8.48. The van der Waals surface area contributed by atoms with E-state index in [1.54, 1.807) is 0 Å². The number of nitrogens with zero attached hydrogens (tertiary/aromatic N) is 1. The summed E-state index contributed by atoms with van der Waals surface area (Å²) in [5.41, 5.74) is 4.85. The van der Waals surface area contributed by atoms with Crippen molar-refractivity contribution < 1.29 is 4.79 Å². The maximum absolute atomic E-state index is 10.3. The molecule has 1 saturated carbocycles. The average molecular weight is 152 g/mol. The van der Waals surface area contributed by atoms with Gasteiger partial charge in [-0.2, -0.15) is 0 Å². The monoisotopic (exact) mass is 152 g/mol. The molecule has 0 aliphatic heterocycles. The first kappa shape index (κ1) is 8.09. The lowest BCUT2D eigenvalue weighted by Gasteiger charge is -2.16. The Hall–Kier alpha value is -1.01. The second-order valence-corrected chi connectivity index (χ2v) is 3.04. The second-order valence-electron chi connectivity index (χ2n) is 3.04. The van der Waals surface area contributed by atoms with Crippen LogP contribution < -0.4 is 5.73 Å². The fraction of sp³-hybridized carbons (Fsp3) is 0.625. The lowest BCUT2D eigenvalue weighted by atomic mass is 10.2. The lowest BCUT2D eigenvalue weighted by molar-refractivity contribution is -0.112. The quantitative estimate of drug-likeness (QED) is 0.518. The summed E-state index contributed by atoms with van der Waals surface area (Å²) in [7, 11) is 3.92. The standard InChI is InChI=1S/C8H12N2O/c1-10(2)8(5-6-8)4-3-7(9)11/h5-6H2,1-2H3,(H2,9,11). The Balaban J connectivity index is 2.63. The number of amides is 1. The minimum absolute atomic E-state index is 0.0466. The highest BCUT2D eigenvalue weighted by Gasteiger charge is 2.43. The third-order valence-electron chi connectivity index (χ3n) is 2.00. The molecule has 0 aromatic rings. The van der Waals surface area contributed by atoms with Crippen molar-refractivity contribution in [2.75, 3.05) is 14.1 Å². The van der Waals surface area contributed by atoms with Crippen LogP contribution in [-0.2, 0) is 4.79 Å². The summed E-state index contributed by atoms with van der Waals surface area (Å²) in [5, 5.41) is 0. The molecule has 0 spiro atoms. The van der Waals surface area contributed by atoms with E-state index in [0.717, 1.165) is 12.8 Å². The summed E-state index contributed by atoms with van der Waals surface area (Å²) in [4.78, 5) is 12.4. The summed E-state index contributed by atoms with van der Waals surface area (Å²) < 4.78 is 0. The molecule has 60 valence electrons. The van der Waals surface area contributed by atoms with Crippen LogP contribution in [0.4, 0.5) is 0 Å². The summed E-state index contributed by atoms with van der Waals surface area (Å²) in [6.07, 6.45) is 2.08. The third kappa shape index (κ3) is 1.72. The Morgan fingerprint density at radius 2 is 2.09 bits per heavy atom. The van der Waals surface area contributed by atoms with Crippen molar-refractivity contribution in [1.29, 1.82) is 0 Å². The van der Waals surface area contributed by atoms with Crippen LogP contribution >= 0.6 is 0 Å². The molecule has 0 unspecified atom stereocenters. The average Bonchev–Trinajstić information content (AvgIpc) is 2.63. The van der Waals surface area contributed by atoms with Crippen molar-refractivity contribution in [3.8, 4) is 11.8 Å². The van der Waals surface area contributed by atoms with E-state index >= 15 is 0 Å². The number of nitrogens with two attached hydrogens (primary N) is 1. The minimum atomic E-state index is -0.543. The van der Waals surface area contributed by atoms with Crippen molar-refractivity contribution in [1.82, 2.24) is 4.90 Å². The van der Waals surface area contributed by atoms with Crippen LogP contribution in [-0.4, -0.2) is 30.4 Å². The molecule has 1 fully saturated rings. The number of hydrogen-bond donors (Lipinski definition) is 1. The van der Waals surface area contributed by atoms with E-state index in [1.165, 1.54) is 0 Å². The first-order valence-corrected chi connectivity index (χ1v) is 3.57. The minimum Gasteiger partial charge on any atom is -0.359 e. The molecule has 1 aliphatic rings. The van der Waals surface area contributed by atoms with Gasteiger partial charge < -0.3 is 5.73 Å². The van der Waals surface area contributed by atoms with Crippen LogP contribution in [0.1, 0.15) is 12.8 Å². The van der Waals surface area contributed by atoms with Gasteiger partial charge in [0.05, 0.1) is 5.54 Å². The van der Waals surface area contributed by atoms with Gasteiger partial charge in [-0.15, -0.1) is 0 Å². The third-order valence-corrected chi connectivity index (χ3v) is 2.00. The number of rotatable bonds is 1. The largest absolute Gasteiger partial charge is 0.359 e. The highest BCUT2D eigenvalue weighted by atomic mass is 16.1. The van der Waals surface area contributed by atoms with Crippen LogP contribution in [0.2, 0.25) is 0 Å². The molecule has 0 radical (unpaired) electrons. The Morgan fingerprint density at radius 1 is 1.55 bits per heavy atom. The molecule has 0 bridgehead atoms. The van der Waals surface area contributed by atoms with E-state index < -0.39 is 5.91 Å².